The molecule has 0 amide bonds. The number of carboxylic acid groups (broad SMARTS) is 2. The molecule has 8 heteroatoms. The molecule has 0 aromatic rings. The number of allylic oxidation sites excluding steroid dienone is 20. The summed E-state index contributed by atoms with van der Waals surface area (Å²) in [5.74, 6) is -2.92. The molecule has 0 heterocycles. The molecule has 0 aromatic carbocycles. The highest BCUT2D eigenvalue weighted by atomic mass is 16.5. The molecule has 2 aliphatic rings. The third-order valence-electron chi connectivity index (χ3n) is 9.90. The molecule has 56 heavy (non-hydrogen) atoms. The topological polar surface area (TPSA) is 127 Å². The van der Waals surface area contributed by atoms with E-state index >= 15 is 0 Å². The number of rotatable bonds is 18. The summed E-state index contributed by atoms with van der Waals surface area (Å²) in [6, 6.07) is 0. The Bertz CT molecular complexity index is 1660. The van der Waals surface area contributed by atoms with Crippen LogP contribution in [0.5, 0.6) is 0 Å². The van der Waals surface area contributed by atoms with E-state index in [0.29, 0.717) is 25.7 Å². The third kappa shape index (κ3) is 17.7. The zero-order chi connectivity index (χ0) is 42.1. The van der Waals surface area contributed by atoms with Gasteiger partial charge in [0.15, 0.2) is 0 Å². The standard InChI is InChI=1S/C48H64O8/c1-33(17-13-19-35(3)21-23-41-37(5)29-39(31-47(41,7)8)55-45(53)27-25-43(49)50)15-11-12-16-34(2)18-14-20-36(4)22-24-42-38(6)30-40(32-48(42,9)10)56-46(54)28-26-44(51)52/h11-24,39-40H,25-32H2,1-10H3,(H,49,50)(H,51,52)/b12-11+,17-13+,18-14+,23-21+,24-22+,33-15+,34-16+,35-19+,36-20+. The first-order valence-corrected chi connectivity index (χ1v) is 19.5. The minimum Gasteiger partial charge on any atom is -0.481 e. The number of hydrogen-bond acceptors (Lipinski definition) is 6. The fourth-order valence-electron chi connectivity index (χ4n) is 7.14. The molecule has 0 fully saturated rings. The van der Waals surface area contributed by atoms with Crippen molar-refractivity contribution in [2.24, 2.45) is 10.8 Å². The lowest BCUT2D eigenvalue weighted by Gasteiger charge is -2.37. The molecule has 0 bridgehead atoms. The Kier molecular flexibility index (Phi) is 19.0. The lowest BCUT2D eigenvalue weighted by molar-refractivity contribution is -0.153. The van der Waals surface area contributed by atoms with E-state index < -0.39 is 23.9 Å². The van der Waals surface area contributed by atoms with Gasteiger partial charge in [0.25, 0.3) is 0 Å². The Morgan fingerprint density at radius 1 is 0.554 bits per heavy atom. The molecule has 0 radical (unpaired) electrons. The van der Waals surface area contributed by atoms with E-state index in [0.717, 1.165) is 22.3 Å². The molecule has 2 rings (SSSR count). The third-order valence-corrected chi connectivity index (χ3v) is 9.90. The van der Waals surface area contributed by atoms with E-state index in [4.69, 9.17) is 19.7 Å². The summed E-state index contributed by atoms with van der Waals surface area (Å²) in [6.07, 6.45) is 30.6. The lowest BCUT2D eigenvalue weighted by atomic mass is 9.71. The summed E-state index contributed by atoms with van der Waals surface area (Å²) in [5.41, 5.74) is 8.92. The number of hydrogen-bond donors (Lipinski definition) is 2. The largest absolute Gasteiger partial charge is 0.481 e. The quantitative estimate of drug-likeness (QED) is 0.104. The first-order chi connectivity index (χ1) is 26.2. The van der Waals surface area contributed by atoms with Crippen LogP contribution in [0.1, 0.15) is 121 Å². The summed E-state index contributed by atoms with van der Waals surface area (Å²) >= 11 is 0. The van der Waals surface area contributed by atoms with Gasteiger partial charge in [-0.2, -0.15) is 0 Å². The van der Waals surface area contributed by atoms with Crippen LogP contribution in [0.4, 0.5) is 0 Å². The number of carbonyl (C=O) groups is 4. The molecule has 0 saturated carbocycles. The highest BCUT2D eigenvalue weighted by Gasteiger charge is 2.35. The van der Waals surface area contributed by atoms with Gasteiger partial charge in [-0.3, -0.25) is 19.2 Å². The highest BCUT2D eigenvalue weighted by Crippen LogP contribution is 2.43. The van der Waals surface area contributed by atoms with E-state index in [1.807, 2.05) is 24.3 Å². The zero-order valence-electron chi connectivity index (χ0n) is 35.2. The van der Waals surface area contributed by atoms with Crippen molar-refractivity contribution < 1.29 is 38.9 Å². The highest BCUT2D eigenvalue weighted by molar-refractivity contribution is 5.77. The van der Waals surface area contributed by atoms with Crippen LogP contribution in [0.25, 0.3) is 0 Å². The predicted octanol–water partition coefficient (Wildman–Crippen LogP) is 11.4. The van der Waals surface area contributed by atoms with Crippen molar-refractivity contribution in [2.45, 2.75) is 133 Å². The summed E-state index contributed by atoms with van der Waals surface area (Å²) in [4.78, 5) is 45.7. The Morgan fingerprint density at radius 2 is 0.875 bits per heavy atom. The van der Waals surface area contributed by atoms with Gasteiger partial charge in [0.05, 0.1) is 25.7 Å². The van der Waals surface area contributed by atoms with Crippen molar-refractivity contribution in [2.75, 3.05) is 0 Å². The minimum atomic E-state index is -1.00. The Morgan fingerprint density at radius 3 is 1.20 bits per heavy atom. The van der Waals surface area contributed by atoms with Gasteiger partial charge in [0.1, 0.15) is 12.2 Å². The number of ether oxygens (including phenoxy) is 2. The zero-order valence-corrected chi connectivity index (χ0v) is 35.2. The molecule has 2 N–H and O–H groups in total. The second kappa shape index (κ2) is 22.5. The first kappa shape index (κ1) is 47.2. The Hall–Kier alpha value is -4.98. The van der Waals surface area contributed by atoms with Gasteiger partial charge < -0.3 is 19.7 Å². The number of carboxylic acids is 2. The van der Waals surface area contributed by atoms with Crippen LogP contribution in [0, 0.1) is 10.8 Å². The Balaban J connectivity index is 1.91. The van der Waals surface area contributed by atoms with Gasteiger partial charge in [-0.05, 0) is 76.4 Å². The van der Waals surface area contributed by atoms with E-state index in [9.17, 15) is 19.2 Å². The number of carbonyl (C=O) groups excluding carboxylic acids is 2. The maximum absolute atomic E-state index is 12.1. The maximum Gasteiger partial charge on any atom is 0.306 e. The van der Waals surface area contributed by atoms with Crippen LogP contribution in [-0.2, 0) is 28.7 Å². The van der Waals surface area contributed by atoms with Crippen LogP contribution in [0.15, 0.2) is 130 Å². The van der Waals surface area contributed by atoms with Crippen molar-refractivity contribution in [3.63, 3.8) is 0 Å². The molecular weight excluding hydrogens is 705 g/mol. The van der Waals surface area contributed by atoms with Crippen molar-refractivity contribution in [1.82, 2.24) is 0 Å². The van der Waals surface area contributed by atoms with Crippen LogP contribution in [-0.4, -0.2) is 46.3 Å². The minimum absolute atomic E-state index is 0.107. The van der Waals surface area contributed by atoms with Gasteiger partial charge in [-0.1, -0.05) is 146 Å². The molecule has 2 atom stereocenters. The van der Waals surface area contributed by atoms with Crippen LogP contribution in [0.2, 0.25) is 0 Å². The SMILES string of the molecule is CC1=C(/C=C/C(C)=C/C=C/C(C)=C/C=C/C=C(C)/C=C/C=C(C)/C=C/C2=C(C)CC(OC(=O)CCC(=O)O)CC2(C)C)C(C)(C)CC(OC(=O)CCC(=O)O)C1. The molecule has 0 aromatic heterocycles. The van der Waals surface area contributed by atoms with E-state index in [2.05, 4.69) is 130 Å². The van der Waals surface area contributed by atoms with Crippen LogP contribution < -0.4 is 0 Å². The van der Waals surface area contributed by atoms with Crippen molar-refractivity contribution >= 4 is 23.9 Å². The average molecular weight is 769 g/mol. The van der Waals surface area contributed by atoms with E-state index in [1.165, 1.54) is 22.3 Å². The Labute approximate surface area is 335 Å². The van der Waals surface area contributed by atoms with Gasteiger partial charge in [-0.25, -0.2) is 0 Å². The van der Waals surface area contributed by atoms with Gasteiger partial charge in [-0.15, -0.1) is 0 Å². The molecular formula is C48H64O8. The van der Waals surface area contributed by atoms with Gasteiger partial charge in [0, 0.05) is 12.8 Å². The summed E-state index contributed by atoms with van der Waals surface area (Å²) in [7, 11) is 0. The van der Waals surface area contributed by atoms with Crippen LogP contribution in [0.3, 0.4) is 0 Å². The summed E-state index contributed by atoms with van der Waals surface area (Å²) in [5, 5.41) is 17.7. The average Bonchev–Trinajstić information content (AvgIpc) is 3.07. The number of esters is 2. The van der Waals surface area contributed by atoms with Gasteiger partial charge in [0.2, 0.25) is 0 Å². The molecule has 8 nitrogen and oxygen atoms in total. The van der Waals surface area contributed by atoms with E-state index in [1.54, 1.807) is 0 Å². The van der Waals surface area contributed by atoms with E-state index in [-0.39, 0.29) is 48.7 Å². The van der Waals surface area contributed by atoms with Crippen molar-refractivity contribution in [3.05, 3.63) is 130 Å². The normalized spacial score (nSPS) is 21.3. The predicted molar refractivity (Wildman–Crippen MR) is 226 cm³/mol. The second-order valence-electron chi connectivity index (χ2n) is 16.4. The number of aliphatic carboxylic acids is 2. The fraction of sp³-hybridized carbons (Fsp3) is 0.458. The fourth-order valence-corrected chi connectivity index (χ4v) is 7.14. The molecule has 0 saturated heterocycles. The van der Waals surface area contributed by atoms with Gasteiger partial charge >= 0.3 is 23.9 Å². The molecule has 0 aliphatic heterocycles. The smallest absolute Gasteiger partial charge is 0.306 e. The molecule has 0 spiro atoms. The monoisotopic (exact) mass is 768 g/mol. The first-order valence-electron chi connectivity index (χ1n) is 19.5. The van der Waals surface area contributed by atoms with Crippen molar-refractivity contribution in [1.29, 1.82) is 0 Å². The lowest BCUT2D eigenvalue weighted by Crippen LogP contribution is -2.32. The molecule has 2 aliphatic carbocycles. The summed E-state index contributed by atoms with van der Waals surface area (Å²) < 4.78 is 11.2. The van der Waals surface area contributed by atoms with Crippen LogP contribution >= 0.6 is 0 Å². The molecule has 2 unspecified atom stereocenters. The molecule has 304 valence electrons. The summed E-state index contributed by atoms with van der Waals surface area (Å²) in [6.45, 7) is 21.0. The second-order valence-corrected chi connectivity index (χ2v) is 16.4. The van der Waals surface area contributed by atoms with Crippen molar-refractivity contribution in [3.8, 4) is 0 Å². The maximum atomic E-state index is 12.1.